The Kier molecular flexibility index (Phi) is 8.45. The first-order chi connectivity index (χ1) is 13.4. The van der Waals surface area contributed by atoms with Crippen LogP contribution in [0.5, 0.6) is 0 Å². The predicted molar refractivity (Wildman–Crippen MR) is 127 cm³/mol. The molecule has 0 heterocycles. The van der Waals surface area contributed by atoms with Crippen LogP contribution in [0.25, 0.3) is 0 Å². The van der Waals surface area contributed by atoms with Crippen molar-refractivity contribution in [2.45, 2.75) is 47.5 Å². The van der Waals surface area contributed by atoms with Crippen molar-refractivity contribution in [2.24, 2.45) is 5.10 Å². The highest BCUT2D eigenvalue weighted by Crippen LogP contribution is 2.21. The number of benzene rings is 2. The van der Waals surface area contributed by atoms with Crippen molar-refractivity contribution in [3.63, 3.8) is 0 Å². The summed E-state index contributed by atoms with van der Waals surface area (Å²) >= 11 is 5.37. The number of unbranched alkanes of at least 4 members (excludes halogenated alkanes) is 1. The Labute approximate surface area is 175 Å². The highest BCUT2D eigenvalue weighted by atomic mass is 32.1. The maximum Gasteiger partial charge on any atom is 0.191 e. The molecule has 2 aromatic rings. The van der Waals surface area contributed by atoms with E-state index in [4.69, 9.17) is 12.2 Å². The number of nitrogens with one attached hydrogen (secondary N) is 2. The summed E-state index contributed by atoms with van der Waals surface area (Å²) in [4.78, 5) is 2.40. The summed E-state index contributed by atoms with van der Waals surface area (Å²) in [6.07, 6.45) is 4.21. The Morgan fingerprint density at radius 2 is 1.71 bits per heavy atom. The molecule has 0 aliphatic rings. The highest BCUT2D eigenvalue weighted by molar-refractivity contribution is 7.80. The Morgan fingerprint density at radius 1 is 1.07 bits per heavy atom. The Hall–Kier alpha value is -2.40. The van der Waals surface area contributed by atoms with E-state index in [1.165, 1.54) is 35.2 Å². The van der Waals surface area contributed by atoms with Gasteiger partial charge in [-0.2, -0.15) is 5.10 Å². The van der Waals surface area contributed by atoms with E-state index in [1.54, 1.807) is 6.21 Å². The first-order valence-electron chi connectivity index (χ1n) is 9.97. The SMILES string of the molecule is CCCCN(CC)c1ccc(C=NNC(=S)Nc2c(C)cc(C)cc2C)cc1. The van der Waals surface area contributed by atoms with Gasteiger partial charge in [0.1, 0.15) is 0 Å². The fraction of sp³-hybridized carbons (Fsp3) is 0.391. The van der Waals surface area contributed by atoms with E-state index in [2.05, 4.69) is 91.8 Å². The van der Waals surface area contributed by atoms with Crippen LogP contribution >= 0.6 is 12.2 Å². The lowest BCUT2D eigenvalue weighted by Crippen LogP contribution is -2.25. The van der Waals surface area contributed by atoms with Crippen LogP contribution in [0.3, 0.4) is 0 Å². The molecule has 0 fully saturated rings. The number of anilines is 2. The first kappa shape index (κ1) is 21.9. The standard InChI is InChI=1S/C23H32N4S/c1-6-8-13-27(7-2)21-11-9-20(10-12-21)16-24-26-23(28)25-22-18(4)14-17(3)15-19(22)5/h9-12,14-16H,6-8,13H2,1-5H3,(H2,25,26,28). The Morgan fingerprint density at radius 3 is 2.29 bits per heavy atom. The fourth-order valence-electron chi connectivity index (χ4n) is 3.27. The second kappa shape index (κ2) is 10.8. The van der Waals surface area contributed by atoms with Crippen LogP contribution in [0.15, 0.2) is 41.5 Å². The van der Waals surface area contributed by atoms with Crippen LogP contribution in [0, 0.1) is 20.8 Å². The van der Waals surface area contributed by atoms with E-state index in [1.807, 2.05) is 0 Å². The van der Waals surface area contributed by atoms with Crippen molar-refractivity contribution in [1.29, 1.82) is 0 Å². The summed E-state index contributed by atoms with van der Waals surface area (Å²) in [5.74, 6) is 0. The summed E-state index contributed by atoms with van der Waals surface area (Å²) in [6.45, 7) is 12.8. The number of nitrogens with zero attached hydrogens (tertiary/aromatic N) is 2. The molecule has 0 aliphatic carbocycles. The Balaban J connectivity index is 1.93. The van der Waals surface area contributed by atoms with Gasteiger partial charge in [-0.25, -0.2) is 0 Å². The molecular weight excluding hydrogens is 364 g/mol. The molecule has 0 amide bonds. The number of hydrazone groups is 1. The van der Waals surface area contributed by atoms with Crippen LogP contribution < -0.4 is 15.6 Å². The second-order valence-electron chi connectivity index (χ2n) is 7.12. The van der Waals surface area contributed by atoms with Crippen LogP contribution in [0.2, 0.25) is 0 Å². The molecule has 0 atom stereocenters. The van der Waals surface area contributed by atoms with Crippen molar-refractivity contribution in [3.05, 3.63) is 58.7 Å². The van der Waals surface area contributed by atoms with Gasteiger partial charge in [-0.15, -0.1) is 0 Å². The van der Waals surface area contributed by atoms with Gasteiger partial charge in [-0.1, -0.05) is 43.2 Å². The van der Waals surface area contributed by atoms with Crippen molar-refractivity contribution in [3.8, 4) is 0 Å². The fourth-order valence-corrected chi connectivity index (χ4v) is 3.43. The highest BCUT2D eigenvalue weighted by Gasteiger charge is 2.05. The minimum atomic E-state index is 0.486. The van der Waals surface area contributed by atoms with Gasteiger partial charge in [-0.05, 0) is 75.2 Å². The molecule has 28 heavy (non-hydrogen) atoms. The lowest BCUT2D eigenvalue weighted by Gasteiger charge is -2.22. The van der Waals surface area contributed by atoms with Gasteiger partial charge in [0.05, 0.1) is 6.21 Å². The van der Waals surface area contributed by atoms with Crippen LogP contribution in [0.1, 0.15) is 48.9 Å². The molecule has 0 spiro atoms. The van der Waals surface area contributed by atoms with Gasteiger partial charge in [0, 0.05) is 24.5 Å². The molecule has 150 valence electrons. The van der Waals surface area contributed by atoms with Gasteiger partial charge in [0.25, 0.3) is 0 Å². The van der Waals surface area contributed by atoms with E-state index < -0.39 is 0 Å². The van der Waals surface area contributed by atoms with Gasteiger partial charge < -0.3 is 10.2 Å². The summed E-state index contributed by atoms with van der Waals surface area (Å²) in [5.41, 5.74) is 9.82. The molecule has 4 nitrogen and oxygen atoms in total. The Bertz CT molecular complexity index is 789. The zero-order valence-corrected chi connectivity index (χ0v) is 18.5. The molecule has 0 unspecified atom stereocenters. The zero-order valence-electron chi connectivity index (χ0n) is 17.7. The normalized spacial score (nSPS) is 10.9. The maximum atomic E-state index is 5.37. The van der Waals surface area contributed by atoms with Gasteiger partial charge in [0.2, 0.25) is 0 Å². The molecule has 2 rings (SSSR count). The molecule has 0 aliphatic heterocycles. The molecule has 0 saturated heterocycles. The van der Waals surface area contributed by atoms with Gasteiger partial charge in [-0.3, -0.25) is 5.43 Å². The molecule has 0 aromatic heterocycles. The summed E-state index contributed by atoms with van der Waals surface area (Å²) in [6, 6.07) is 12.7. The number of hydrogen-bond donors (Lipinski definition) is 2. The van der Waals surface area contributed by atoms with E-state index in [9.17, 15) is 0 Å². The van der Waals surface area contributed by atoms with E-state index in [-0.39, 0.29) is 0 Å². The molecule has 2 N–H and O–H groups in total. The number of hydrogen-bond acceptors (Lipinski definition) is 3. The minimum Gasteiger partial charge on any atom is -0.372 e. The van der Waals surface area contributed by atoms with Crippen molar-refractivity contribution < 1.29 is 0 Å². The van der Waals surface area contributed by atoms with Crippen molar-refractivity contribution in [2.75, 3.05) is 23.3 Å². The predicted octanol–water partition coefficient (Wildman–Crippen LogP) is 5.56. The van der Waals surface area contributed by atoms with E-state index >= 15 is 0 Å². The molecule has 0 radical (unpaired) electrons. The van der Waals surface area contributed by atoms with Gasteiger partial charge in [0.15, 0.2) is 5.11 Å². The van der Waals surface area contributed by atoms with Crippen molar-refractivity contribution >= 4 is 34.9 Å². The summed E-state index contributed by atoms with van der Waals surface area (Å²) in [7, 11) is 0. The zero-order chi connectivity index (χ0) is 20.5. The average Bonchev–Trinajstić information content (AvgIpc) is 2.66. The maximum absolute atomic E-state index is 5.37. The average molecular weight is 397 g/mol. The number of thiocarbonyl (C=S) groups is 1. The number of aryl methyl sites for hydroxylation is 3. The van der Waals surface area contributed by atoms with Gasteiger partial charge >= 0.3 is 0 Å². The van der Waals surface area contributed by atoms with Crippen LogP contribution in [-0.4, -0.2) is 24.4 Å². The summed E-state index contributed by atoms with van der Waals surface area (Å²) < 4.78 is 0. The lowest BCUT2D eigenvalue weighted by molar-refractivity contribution is 0.732. The first-order valence-corrected chi connectivity index (χ1v) is 10.4. The van der Waals surface area contributed by atoms with E-state index in [0.717, 1.165) is 24.3 Å². The third-order valence-electron chi connectivity index (χ3n) is 4.72. The summed E-state index contributed by atoms with van der Waals surface area (Å²) in [5, 5.41) is 8.00. The quantitative estimate of drug-likeness (QED) is 0.348. The molecule has 2 aromatic carbocycles. The second-order valence-corrected chi connectivity index (χ2v) is 7.53. The third-order valence-corrected chi connectivity index (χ3v) is 4.91. The minimum absolute atomic E-state index is 0.486. The topological polar surface area (TPSA) is 39.7 Å². The monoisotopic (exact) mass is 396 g/mol. The van der Waals surface area contributed by atoms with Crippen LogP contribution in [0.4, 0.5) is 11.4 Å². The molecule has 5 heteroatoms. The lowest BCUT2D eigenvalue weighted by atomic mass is 10.1. The molecule has 0 saturated carbocycles. The third kappa shape index (κ3) is 6.34. The largest absolute Gasteiger partial charge is 0.372 e. The van der Waals surface area contributed by atoms with E-state index in [0.29, 0.717) is 5.11 Å². The van der Waals surface area contributed by atoms with Crippen molar-refractivity contribution in [1.82, 2.24) is 5.43 Å². The molecular formula is C23H32N4S. The molecule has 0 bridgehead atoms. The van der Waals surface area contributed by atoms with Crippen LogP contribution in [-0.2, 0) is 0 Å². The smallest absolute Gasteiger partial charge is 0.191 e. The number of rotatable bonds is 8.